The maximum atomic E-state index is 12.3. The molecule has 0 saturated carbocycles. The first-order valence-electron chi connectivity index (χ1n) is 7.02. The van der Waals surface area contributed by atoms with Crippen LogP contribution >= 0.6 is 0 Å². The minimum atomic E-state index is -0.974. The monoisotopic (exact) mass is 297 g/mol. The van der Waals surface area contributed by atoms with Crippen molar-refractivity contribution < 1.29 is 14.7 Å². The molecule has 0 aromatic carbocycles. The van der Waals surface area contributed by atoms with Gasteiger partial charge in [0.15, 0.2) is 0 Å². The molecule has 3 rings (SSSR count). The third-order valence-electron chi connectivity index (χ3n) is 3.78. The fourth-order valence-corrected chi connectivity index (χ4v) is 2.66. The first-order valence-corrected chi connectivity index (χ1v) is 7.02. The van der Waals surface area contributed by atoms with Gasteiger partial charge in [0.1, 0.15) is 0 Å². The van der Waals surface area contributed by atoms with Crippen molar-refractivity contribution in [2.75, 3.05) is 6.54 Å². The molecule has 22 heavy (non-hydrogen) atoms. The molecule has 0 aliphatic carbocycles. The number of aromatic carboxylic acids is 1. The van der Waals surface area contributed by atoms with Crippen molar-refractivity contribution in [1.29, 1.82) is 0 Å². The van der Waals surface area contributed by atoms with Crippen LogP contribution in [-0.2, 0) is 24.2 Å². The van der Waals surface area contributed by atoms with Crippen LogP contribution in [-0.4, -0.2) is 38.4 Å². The molecule has 2 aromatic heterocycles. The maximum Gasteiger partial charge on any atom is 0.337 e. The number of fused-ring (bicyclic) bond motifs is 1. The van der Waals surface area contributed by atoms with Gasteiger partial charge in [0.05, 0.1) is 12.0 Å². The van der Waals surface area contributed by atoms with Gasteiger partial charge >= 0.3 is 5.97 Å². The molecule has 1 amide bonds. The van der Waals surface area contributed by atoms with E-state index in [9.17, 15) is 14.7 Å². The number of carboxylic acids is 1. The second-order valence-corrected chi connectivity index (χ2v) is 5.19. The van der Waals surface area contributed by atoms with E-state index in [1.165, 1.54) is 6.20 Å². The maximum absolute atomic E-state index is 12.3. The summed E-state index contributed by atoms with van der Waals surface area (Å²) < 4.78 is 0. The van der Waals surface area contributed by atoms with Gasteiger partial charge in [-0.05, 0) is 29.7 Å². The van der Waals surface area contributed by atoms with Crippen LogP contribution in [0.4, 0.5) is 0 Å². The number of pyridine rings is 2. The fraction of sp³-hybridized carbons (Fsp3) is 0.250. The zero-order chi connectivity index (χ0) is 15.5. The van der Waals surface area contributed by atoms with E-state index in [0.29, 0.717) is 19.5 Å². The quantitative estimate of drug-likeness (QED) is 0.923. The van der Waals surface area contributed by atoms with Crippen LogP contribution in [0.15, 0.2) is 36.8 Å². The predicted octanol–water partition coefficient (Wildman–Crippen LogP) is 1.30. The third-order valence-corrected chi connectivity index (χ3v) is 3.78. The minimum absolute atomic E-state index is 0.00919. The second-order valence-electron chi connectivity index (χ2n) is 5.19. The Morgan fingerprint density at radius 2 is 2.14 bits per heavy atom. The van der Waals surface area contributed by atoms with E-state index in [0.717, 1.165) is 16.8 Å². The number of nitrogens with zero attached hydrogens (tertiary/aromatic N) is 3. The molecule has 1 aliphatic rings. The Hall–Kier alpha value is -2.76. The van der Waals surface area contributed by atoms with Gasteiger partial charge in [-0.1, -0.05) is 6.07 Å². The van der Waals surface area contributed by atoms with Crippen LogP contribution < -0.4 is 0 Å². The average molecular weight is 297 g/mol. The molecule has 0 radical (unpaired) electrons. The van der Waals surface area contributed by atoms with E-state index >= 15 is 0 Å². The Balaban J connectivity index is 1.76. The van der Waals surface area contributed by atoms with Crippen LogP contribution in [0, 0.1) is 0 Å². The fourth-order valence-electron chi connectivity index (χ4n) is 2.66. The van der Waals surface area contributed by atoms with Crippen LogP contribution in [0.2, 0.25) is 0 Å². The molecular formula is C16H15N3O3. The molecule has 0 bridgehead atoms. The van der Waals surface area contributed by atoms with E-state index in [1.807, 2.05) is 18.2 Å². The molecule has 0 atom stereocenters. The average Bonchev–Trinajstić information content (AvgIpc) is 2.54. The van der Waals surface area contributed by atoms with Crippen LogP contribution in [0.5, 0.6) is 0 Å². The minimum Gasteiger partial charge on any atom is -0.478 e. The third kappa shape index (κ3) is 2.81. The molecule has 0 fully saturated rings. The van der Waals surface area contributed by atoms with Crippen molar-refractivity contribution in [3.05, 3.63) is 59.2 Å². The smallest absolute Gasteiger partial charge is 0.337 e. The highest BCUT2D eigenvalue weighted by Crippen LogP contribution is 2.22. The summed E-state index contributed by atoms with van der Waals surface area (Å²) in [4.78, 5) is 33.4. The van der Waals surface area contributed by atoms with Gasteiger partial charge in [0.25, 0.3) is 0 Å². The number of aromatic nitrogens is 2. The Morgan fingerprint density at radius 1 is 1.27 bits per heavy atom. The first-order chi connectivity index (χ1) is 10.6. The molecule has 0 spiro atoms. The SMILES string of the molecule is O=C(O)c1cncc2c1CCN(C(=O)Cc1ccccn1)C2. The summed E-state index contributed by atoms with van der Waals surface area (Å²) in [5.41, 5.74) is 2.55. The van der Waals surface area contributed by atoms with E-state index in [-0.39, 0.29) is 17.9 Å². The number of amides is 1. The zero-order valence-corrected chi connectivity index (χ0v) is 11.9. The topological polar surface area (TPSA) is 83.4 Å². The van der Waals surface area contributed by atoms with Crippen molar-refractivity contribution in [2.45, 2.75) is 19.4 Å². The molecule has 6 nitrogen and oxygen atoms in total. The number of carbonyl (C=O) groups excluding carboxylic acids is 1. The van der Waals surface area contributed by atoms with Crippen molar-refractivity contribution in [3.8, 4) is 0 Å². The lowest BCUT2D eigenvalue weighted by Gasteiger charge is -2.29. The van der Waals surface area contributed by atoms with Crippen molar-refractivity contribution in [2.24, 2.45) is 0 Å². The molecule has 2 aromatic rings. The molecule has 1 N–H and O–H groups in total. The van der Waals surface area contributed by atoms with Gasteiger partial charge in [-0.15, -0.1) is 0 Å². The van der Waals surface area contributed by atoms with E-state index in [1.54, 1.807) is 17.3 Å². The summed E-state index contributed by atoms with van der Waals surface area (Å²) in [6.45, 7) is 0.915. The van der Waals surface area contributed by atoms with Crippen molar-refractivity contribution in [1.82, 2.24) is 14.9 Å². The van der Waals surface area contributed by atoms with Gasteiger partial charge in [-0.2, -0.15) is 0 Å². The molecule has 112 valence electrons. The summed E-state index contributed by atoms with van der Waals surface area (Å²) in [5.74, 6) is -0.984. The number of rotatable bonds is 3. The van der Waals surface area contributed by atoms with Gasteiger partial charge in [-0.3, -0.25) is 14.8 Å². The molecule has 0 saturated heterocycles. The summed E-state index contributed by atoms with van der Waals surface area (Å²) in [7, 11) is 0. The first kappa shape index (κ1) is 14.2. The van der Waals surface area contributed by atoms with Crippen molar-refractivity contribution in [3.63, 3.8) is 0 Å². The van der Waals surface area contributed by atoms with Crippen molar-refractivity contribution >= 4 is 11.9 Å². The largest absolute Gasteiger partial charge is 0.478 e. The Kier molecular flexibility index (Phi) is 3.82. The number of carbonyl (C=O) groups is 2. The lowest BCUT2D eigenvalue weighted by molar-refractivity contribution is -0.131. The van der Waals surface area contributed by atoms with E-state index in [2.05, 4.69) is 9.97 Å². The molecule has 1 aliphatic heterocycles. The number of hydrogen-bond donors (Lipinski definition) is 1. The number of carboxylic acid groups (broad SMARTS) is 1. The zero-order valence-electron chi connectivity index (χ0n) is 11.9. The lowest BCUT2D eigenvalue weighted by Crippen LogP contribution is -2.37. The molecule has 3 heterocycles. The second kappa shape index (κ2) is 5.93. The highest BCUT2D eigenvalue weighted by Gasteiger charge is 2.24. The highest BCUT2D eigenvalue weighted by molar-refractivity contribution is 5.89. The summed E-state index contributed by atoms with van der Waals surface area (Å²) >= 11 is 0. The highest BCUT2D eigenvalue weighted by atomic mass is 16.4. The Morgan fingerprint density at radius 3 is 2.86 bits per heavy atom. The van der Waals surface area contributed by atoms with E-state index < -0.39 is 5.97 Å². The summed E-state index contributed by atoms with van der Waals surface area (Å²) in [6, 6.07) is 5.48. The Labute approximate surface area is 127 Å². The van der Waals surface area contributed by atoms with Gasteiger partial charge < -0.3 is 10.0 Å². The molecular weight excluding hydrogens is 282 g/mol. The standard InChI is InChI=1S/C16H15N3O3/c20-15(7-12-3-1-2-5-18-12)19-6-4-13-11(10-19)8-17-9-14(13)16(21)22/h1-3,5,8-9H,4,6-7,10H2,(H,21,22). The lowest BCUT2D eigenvalue weighted by atomic mass is 9.97. The summed E-state index contributed by atoms with van der Waals surface area (Å²) in [6.07, 6.45) is 5.46. The van der Waals surface area contributed by atoms with Gasteiger partial charge in [0.2, 0.25) is 5.91 Å². The molecule has 0 unspecified atom stereocenters. The van der Waals surface area contributed by atoms with Gasteiger partial charge in [-0.25, -0.2) is 4.79 Å². The Bertz CT molecular complexity index is 716. The van der Waals surface area contributed by atoms with Crippen LogP contribution in [0.25, 0.3) is 0 Å². The van der Waals surface area contributed by atoms with Gasteiger partial charge in [0, 0.05) is 37.4 Å². The van der Waals surface area contributed by atoms with Crippen LogP contribution in [0.1, 0.15) is 27.2 Å². The predicted molar refractivity (Wildman–Crippen MR) is 78.3 cm³/mol. The summed E-state index contributed by atoms with van der Waals surface area (Å²) in [5, 5.41) is 9.18. The van der Waals surface area contributed by atoms with E-state index in [4.69, 9.17) is 0 Å². The molecule has 6 heteroatoms. The van der Waals surface area contributed by atoms with Crippen LogP contribution in [0.3, 0.4) is 0 Å². The normalized spacial score (nSPS) is 13.5. The number of hydrogen-bond acceptors (Lipinski definition) is 4.